The Morgan fingerprint density at radius 1 is 0.500 bits per heavy atom. The van der Waals surface area contributed by atoms with Gasteiger partial charge in [-0.2, -0.15) is 0 Å². The van der Waals surface area contributed by atoms with Crippen molar-refractivity contribution in [2.75, 3.05) is 6.61 Å². The van der Waals surface area contributed by atoms with Crippen molar-refractivity contribution in [3.05, 3.63) is 72.9 Å². The Morgan fingerprint density at radius 2 is 0.867 bits per heavy atom. The van der Waals surface area contributed by atoms with Crippen molar-refractivity contribution < 1.29 is 24.5 Å². The number of hydrogen-bond donors (Lipinski definition) is 3. The second kappa shape index (κ2) is 47.4. The molecule has 6 nitrogen and oxygen atoms in total. The van der Waals surface area contributed by atoms with Crippen molar-refractivity contribution in [2.24, 2.45) is 0 Å². The van der Waals surface area contributed by atoms with Crippen molar-refractivity contribution in [3.8, 4) is 0 Å². The molecular weight excluding hydrogens is 743 g/mol. The Morgan fingerprint density at radius 3 is 1.27 bits per heavy atom. The number of allylic oxidation sites excluding steroid dienone is 12. The summed E-state index contributed by atoms with van der Waals surface area (Å²) in [7, 11) is 0. The molecule has 0 aliphatic rings. The van der Waals surface area contributed by atoms with Gasteiger partial charge in [-0.3, -0.25) is 9.59 Å². The zero-order valence-corrected chi connectivity index (χ0v) is 39.3. The van der Waals surface area contributed by atoms with Gasteiger partial charge >= 0.3 is 5.97 Å². The second-order valence-electron chi connectivity index (χ2n) is 16.8. The van der Waals surface area contributed by atoms with Gasteiger partial charge in [0.1, 0.15) is 6.10 Å². The molecule has 0 bridgehead atoms. The number of rotatable bonds is 44. The molecule has 0 heterocycles. The SMILES string of the molecule is CC/C=C\C/C=C\C/C=C\C/C=C\C/C=C\C/C=C\CCC(=O)OC(CCCCCCCCCCC)CC(=O)NC(CO)C(O)CCCCCCCCCCCCCCC. The lowest BCUT2D eigenvalue weighted by Gasteiger charge is -2.24. The third-order valence-corrected chi connectivity index (χ3v) is 11.1. The lowest BCUT2D eigenvalue weighted by atomic mass is 10.0. The van der Waals surface area contributed by atoms with Crippen LogP contribution in [0, 0.1) is 0 Å². The molecule has 3 atom stereocenters. The first-order valence-corrected chi connectivity index (χ1v) is 25.2. The average Bonchev–Trinajstić information content (AvgIpc) is 3.24. The van der Waals surface area contributed by atoms with E-state index in [1.54, 1.807) is 0 Å². The molecule has 3 unspecified atom stereocenters. The fourth-order valence-electron chi connectivity index (χ4n) is 7.28. The van der Waals surface area contributed by atoms with Crippen LogP contribution < -0.4 is 5.32 Å². The van der Waals surface area contributed by atoms with Crippen LogP contribution in [0.4, 0.5) is 0 Å². The highest BCUT2D eigenvalue weighted by Gasteiger charge is 2.24. The van der Waals surface area contributed by atoms with Gasteiger partial charge in [0.2, 0.25) is 5.91 Å². The Balaban J connectivity index is 4.59. The van der Waals surface area contributed by atoms with Crippen LogP contribution in [-0.2, 0) is 14.3 Å². The maximum absolute atomic E-state index is 13.1. The molecule has 346 valence electrons. The number of ether oxygens (including phenoxy) is 1. The third kappa shape index (κ3) is 42.0. The summed E-state index contributed by atoms with van der Waals surface area (Å²) in [6.07, 6.45) is 59.7. The predicted molar refractivity (Wildman–Crippen MR) is 259 cm³/mol. The zero-order valence-electron chi connectivity index (χ0n) is 39.3. The number of hydrogen-bond acceptors (Lipinski definition) is 5. The maximum Gasteiger partial charge on any atom is 0.306 e. The Kier molecular flexibility index (Phi) is 45.2. The predicted octanol–water partition coefficient (Wildman–Crippen LogP) is 15.0. The summed E-state index contributed by atoms with van der Waals surface area (Å²) in [6, 6.07) is -0.716. The van der Waals surface area contributed by atoms with Crippen LogP contribution in [0.2, 0.25) is 0 Å². The number of unbranched alkanes of at least 4 members (excludes halogenated alkanes) is 20. The monoisotopic (exact) mass is 838 g/mol. The molecule has 0 fully saturated rings. The molecule has 0 radical (unpaired) electrons. The molecule has 0 aromatic heterocycles. The number of esters is 1. The van der Waals surface area contributed by atoms with Gasteiger partial charge in [-0.05, 0) is 64.2 Å². The number of amides is 1. The van der Waals surface area contributed by atoms with Crippen LogP contribution in [0.3, 0.4) is 0 Å². The first-order chi connectivity index (χ1) is 29.5. The normalized spacial score (nSPS) is 13.9. The van der Waals surface area contributed by atoms with Gasteiger partial charge in [0.05, 0.1) is 25.2 Å². The molecule has 0 rings (SSSR count). The molecule has 1 amide bonds. The van der Waals surface area contributed by atoms with Crippen LogP contribution in [0.1, 0.15) is 233 Å². The van der Waals surface area contributed by atoms with E-state index in [9.17, 15) is 19.8 Å². The highest BCUT2D eigenvalue weighted by Crippen LogP contribution is 2.17. The highest BCUT2D eigenvalue weighted by atomic mass is 16.5. The van der Waals surface area contributed by atoms with Crippen LogP contribution in [0.15, 0.2) is 72.9 Å². The fraction of sp³-hybridized carbons (Fsp3) is 0.741. The number of aliphatic hydroxyl groups is 2. The van der Waals surface area contributed by atoms with E-state index in [1.165, 1.54) is 103 Å². The lowest BCUT2D eigenvalue weighted by molar-refractivity contribution is -0.150. The largest absolute Gasteiger partial charge is 0.462 e. The van der Waals surface area contributed by atoms with Crippen molar-refractivity contribution in [1.29, 1.82) is 0 Å². The van der Waals surface area contributed by atoms with E-state index in [2.05, 4.69) is 92.9 Å². The van der Waals surface area contributed by atoms with Crippen molar-refractivity contribution >= 4 is 11.9 Å². The Labute approximate surface area is 371 Å². The first-order valence-electron chi connectivity index (χ1n) is 25.2. The van der Waals surface area contributed by atoms with E-state index >= 15 is 0 Å². The molecule has 0 aliphatic carbocycles. The number of carbonyl (C=O) groups excluding carboxylic acids is 2. The number of aliphatic hydroxyl groups excluding tert-OH is 2. The van der Waals surface area contributed by atoms with E-state index in [1.807, 2.05) is 6.08 Å². The number of carbonyl (C=O) groups is 2. The maximum atomic E-state index is 13.1. The van der Waals surface area contributed by atoms with Gasteiger partial charge in [-0.25, -0.2) is 0 Å². The van der Waals surface area contributed by atoms with Crippen molar-refractivity contribution in [2.45, 2.75) is 251 Å². The van der Waals surface area contributed by atoms with Gasteiger partial charge in [0, 0.05) is 6.42 Å². The van der Waals surface area contributed by atoms with Crippen LogP contribution >= 0.6 is 0 Å². The van der Waals surface area contributed by atoms with E-state index < -0.39 is 18.2 Å². The molecule has 0 spiro atoms. The first kappa shape index (κ1) is 57.3. The standard InChI is InChI=1S/C54H95NO5/c1-4-7-10-13-16-19-21-23-24-25-26-27-28-30-32-35-38-41-44-47-54(59)60-50(45-42-39-36-33-18-15-12-9-6-3)48-53(58)55-51(49-56)52(57)46-43-40-37-34-31-29-22-20-17-14-11-8-5-2/h7,10,16,19,23-24,26-27,30,32,38,41,50-52,56-57H,4-6,8-9,11-15,17-18,20-22,25,28-29,31,33-37,39-40,42-49H2,1-3H3,(H,55,58)/b10-7-,19-16-,24-23-,27-26-,32-30-,41-38-. The van der Waals surface area contributed by atoms with Crippen LogP contribution in [-0.4, -0.2) is 46.9 Å². The molecule has 0 aromatic carbocycles. The van der Waals surface area contributed by atoms with E-state index in [-0.39, 0.29) is 31.3 Å². The molecule has 0 aliphatic heterocycles. The zero-order chi connectivity index (χ0) is 43.8. The molecule has 0 aromatic rings. The summed E-state index contributed by atoms with van der Waals surface area (Å²) in [5.41, 5.74) is 0. The molecular formula is C54H95NO5. The minimum Gasteiger partial charge on any atom is -0.462 e. The van der Waals surface area contributed by atoms with Crippen molar-refractivity contribution in [3.63, 3.8) is 0 Å². The fourth-order valence-corrected chi connectivity index (χ4v) is 7.28. The quantitative estimate of drug-likeness (QED) is 0.0323. The Hall–Kier alpha value is -2.70. The van der Waals surface area contributed by atoms with Crippen molar-refractivity contribution in [1.82, 2.24) is 5.32 Å². The molecule has 6 heteroatoms. The number of nitrogens with one attached hydrogen (secondary N) is 1. The average molecular weight is 838 g/mol. The van der Waals surface area contributed by atoms with Crippen LogP contribution in [0.5, 0.6) is 0 Å². The van der Waals surface area contributed by atoms with Gasteiger partial charge in [0.15, 0.2) is 0 Å². The van der Waals surface area contributed by atoms with Crippen LogP contribution in [0.25, 0.3) is 0 Å². The minimum absolute atomic E-state index is 0.0463. The van der Waals surface area contributed by atoms with Gasteiger partial charge in [0.25, 0.3) is 0 Å². The molecule has 3 N–H and O–H groups in total. The molecule has 60 heavy (non-hydrogen) atoms. The van der Waals surface area contributed by atoms with E-state index in [4.69, 9.17) is 4.74 Å². The Bertz CT molecular complexity index is 1120. The smallest absolute Gasteiger partial charge is 0.306 e. The molecule has 0 saturated carbocycles. The van der Waals surface area contributed by atoms with E-state index in [0.29, 0.717) is 19.3 Å². The minimum atomic E-state index is -0.800. The summed E-state index contributed by atoms with van der Waals surface area (Å²) >= 11 is 0. The third-order valence-electron chi connectivity index (χ3n) is 11.1. The summed E-state index contributed by atoms with van der Waals surface area (Å²) < 4.78 is 5.87. The van der Waals surface area contributed by atoms with Gasteiger partial charge in [-0.15, -0.1) is 0 Å². The van der Waals surface area contributed by atoms with Gasteiger partial charge < -0.3 is 20.3 Å². The summed E-state index contributed by atoms with van der Waals surface area (Å²) in [6.45, 7) is 6.33. The lowest BCUT2D eigenvalue weighted by Crippen LogP contribution is -2.46. The summed E-state index contributed by atoms with van der Waals surface area (Å²) in [5.74, 6) is -0.575. The van der Waals surface area contributed by atoms with E-state index in [0.717, 1.165) is 77.0 Å². The summed E-state index contributed by atoms with van der Waals surface area (Å²) in [5, 5.41) is 23.7. The highest BCUT2D eigenvalue weighted by molar-refractivity contribution is 5.77. The second-order valence-corrected chi connectivity index (χ2v) is 16.8. The molecule has 0 saturated heterocycles. The topological polar surface area (TPSA) is 95.9 Å². The summed E-state index contributed by atoms with van der Waals surface area (Å²) in [4.78, 5) is 26.0. The van der Waals surface area contributed by atoms with Gasteiger partial charge in [-0.1, -0.05) is 229 Å².